The molecule has 0 saturated carbocycles. The minimum absolute atomic E-state index is 0.700. The van der Waals surface area contributed by atoms with E-state index in [-0.39, 0.29) is 0 Å². The zero-order chi connectivity index (χ0) is 10.6. The van der Waals surface area contributed by atoms with Crippen molar-refractivity contribution in [2.45, 2.75) is 27.2 Å². The van der Waals surface area contributed by atoms with Crippen LogP contribution in [-0.4, -0.2) is 7.11 Å². The summed E-state index contributed by atoms with van der Waals surface area (Å²) in [5, 5.41) is 0. The molecule has 0 aliphatic rings. The Kier molecular flexibility index (Phi) is 3.99. The van der Waals surface area contributed by atoms with Crippen molar-refractivity contribution in [1.82, 2.24) is 0 Å². The van der Waals surface area contributed by atoms with Gasteiger partial charge in [0, 0.05) is 0 Å². The Labute approximate surface area is 87.1 Å². The summed E-state index contributed by atoms with van der Waals surface area (Å²) in [5.41, 5.74) is 1.32. The predicted octanol–water partition coefficient (Wildman–Crippen LogP) is 3.53. The molecule has 0 aliphatic carbocycles. The van der Waals surface area contributed by atoms with Crippen LogP contribution in [0.25, 0.3) is 0 Å². The highest BCUT2D eigenvalue weighted by Crippen LogP contribution is 2.23. The summed E-state index contributed by atoms with van der Waals surface area (Å²) in [6, 6.07) is 8.27. The maximum absolute atomic E-state index is 5.33. The van der Waals surface area contributed by atoms with Crippen molar-refractivity contribution in [3.8, 4) is 5.75 Å². The third-order valence-corrected chi connectivity index (χ3v) is 2.87. The van der Waals surface area contributed by atoms with Crippen molar-refractivity contribution >= 4 is 0 Å². The molecule has 0 aromatic heterocycles. The van der Waals surface area contributed by atoms with Crippen molar-refractivity contribution in [2.24, 2.45) is 11.8 Å². The van der Waals surface area contributed by atoms with Gasteiger partial charge in [-0.25, -0.2) is 0 Å². The topological polar surface area (TPSA) is 9.23 Å². The fraction of sp³-hybridized carbons (Fsp3) is 0.538. The standard InChI is InChI=1S/C13H20O/c1-10(2)11(3)9-12-7-5-6-8-13(12)14-4/h5-8,10-11H,9H2,1-4H3. The predicted molar refractivity (Wildman–Crippen MR) is 60.7 cm³/mol. The van der Waals surface area contributed by atoms with E-state index in [1.54, 1.807) is 7.11 Å². The largest absolute Gasteiger partial charge is 0.496 e. The number of rotatable bonds is 4. The molecule has 1 unspecified atom stereocenters. The molecule has 0 bridgehead atoms. The molecule has 0 aliphatic heterocycles. The van der Waals surface area contributed by atoms with Gasteiger partial charge in [0.1, 0.15) is 5.75 Å². The van der Waals surface area contributed by atoms with E-state index in [4.69, 9.17) is 4.74 Å². The van der Waals surface area contributed by atoms with Crippen molar-refractivity contribution in [3.63, 3.8) is 0 Å². The molecular weight excluding hydrogens is 172 g/mol. The summed E-state index contributed by atoms with van der Waals surface area (Å²) in [6.45, 7) is 6.82. The monoisotopic (exact) mass is 192 g/mol. The number of benzene rings is 1. The van der Waals surface area contributed by atoms with Crippen LogP contribution in [0.1, 0.15) is 26.3 Å². The molecule has 14 heavy (non-hydrogen) atoms. The second-order valence-corrected chi connectivity index (χ2v) is 4.24. The number of hydrogen-bond acceptors (Lipinski definition) is 1. The first kappa shape index (κ1) is 11.1. The Bertz CT molecular complexity index is 278. The summed E-state index contributed by atoms with van der Waals surface area (Å²) in [4.78, 5) is 0. The van der Waals surface area contributed by atoms with E-state index in [2.05, 4.69) is 32.9 Å². The average molecular weight is 192 g/mol. The number of ether oxygens (including phenoxy) is 1. The van der Waals surface area contributed by atoms with Crippen LogP contribution in [-0.2, 0) is 6.42 Å². The van der Waals surface area contributed by atoms with Crippen LogP contribution in [0.2, 0.25) is 0 Å². The zero-order valence-electron chi connectivity index (χ0n) is 9.58. The zero-order valence-corrected chi connectivity index (χ0v) is 9.58. The quantitative estimate of drug-likeness (QED) is 0.709. The van der Waals surface area contributed by atoms with E-state index < -0.39 is 0 Å². The van der Waals surface area contributed by atoms with Crippen molar-refractivity contribution in [1.29, 1.82) is 0 Å². The Morgan fingerprint density at radius 2 is 1.79 bits per heavy atom. The first-order valence-electron chi connectivity index (χ1n) is 5.27. The minimum atomic E-state index is 0.700. The van der Waals surface area contributed by atoms with Crippen LogP contribution in [0.4, 0.5) is 0 Å². The molecule has 0 radical (unpaired) electrons. The molecule has 0 amide bonds. The molecule has 0 fully saturated rings. The van der Waals surface area contributed by atoms with Gasteiger partial charge in [-0.3, -0.25) is 0 Å². The van der Waals surface area contributed by atoms with E-state index in [1.807, 2.05) is 12.1 Å². The van der Waals surface area contributed by atoms with Crippen LogP contribution in [0.3, 0.4) is 0 Å². The van der Waals surface area contributed by atoms with Gasteiger partial charge in [-0.2, -0.15) is 0 Å². The van der Waals surface area contributed by atoms with Gasteiger partial charge >= 0.3 is 0 Å². The van der Waals surface area contributed by atoms with Crippen LogP contribution >= 0.6 is 0 Å². The lowest BCUT2D eigenvalue weighted by Crippen LogP contribution is -2.08. The molecule has 0 saturated heterocycles. The second-order valence-electron chi connectivity index (χ2n) is 4.24. The molecule has 1 aromatic rings. The molecule has 0 heterocycles. The number of hydrogen-bond donors (Lipinski definition) is 0. The second kappa shape index (κ2) is 5.04. The lowest BCUT2D eigenvalue weighted by molar-refractivity contribution is 0.386. The average Bonchev–Trinajstić information content (AvgIpc) is 2.18. The fourth-order valence-corrected chi connectivity index (χ4v) is 1.45. The highest BCUT2D eigenvalue weighted by atomic mass is 16.5. The molecule has 1 nitrogen and oxygen atoms in total. The van der Waals surface area contributed by atoms with Gasteiger partial charge in [0.25, 0.3) is 0 Å². The smallest absolute Gasteiger partial charge is 0.122 e. The molecule has 1 heteroatoms. The Morgan fingerprint density at radius 3 is 2.36 bits per heavy atom. The maximum atomic E-state index is 5.33. The highest BCUT2D eigenvalue weighted by Gasteiger charge is 2.10. The van der Waals surface area contributed by atoms with Gasteiger partial charge in [-0.1, -0.05) is 39.0 Å². The third kappa shape index (κ3) is 2.76. The van der Waals surface area contributed by atoms with Gasteiger partial charge in [-0.05, 0) is 29.9 Å². The molecule has 0 N–H and O–H groups in total. The van der Waals surface area contributed by atoms with Crippen molar-refractivity contribution < 1.29 is 4.74 Å². The highest BCUT2D eigenvalue weighted by molar-refractivity contribution is 5.33. The molecular formula is C13H20O. The fourth-order valence-electron chi connectivity index (χ4n) is 1.45. The maximum Gasteiger partial charge on any atom is 0.122 e. The lowest BCUT2D eigenvalue weighted by atomic mass is 9.91. The van der Waals surface area contributed by atoms with Crippen molar-refractivity contribution in [3.05, 3.63) is 29.8 Å². The van der Waals surface area contributed by atoms with Crippen LogP contribution in [0.5, 0.6) is 5.75 Å². The van der Waals surface area contributed by atoms with Gasteiger partial charge in [-0.15, -0.1) is 0 Å². The van der Waals surface area contributed by atoms with Gasteiger partial charge in [0.2, 0.25) is 0 Å². The third-order valence-electron chi connectivity index (χ3n) is 2.87. The van der Waals surface area contributed by atoms with E-state index >= 15 is 0 Å². The normalized spacial score (nSPS) is 12.9. The summed E-state index contributed by atoms with van der Waals surface area (Å²) in [5.74, 6) is 2.44. The van der Waals surface area contributed by atoms with Crippen molar-refractivity contribution in [2.75, 3.05) is 7.11 Å². The van der Waals surface area contributed by atoms with Crippen LogP contribution < -0.4 is 4.74 Å². The van der Waals surface area contributed by atoms with Gasteiger partial charge in [0.05, 0.1) is 7.11 Å². The SMILES string of the molecule is COc1ccccc1CC(C)C(C)C. The Hall–Kier alpha value is -0.980. The lowest BCUT2D eigenvalue weighted by Gasteiger charge is -2.17. The van der Waals surface area contributed by atoms with Gasteiger partial charge < -0.3 is 4.74 Å². The number of para-hydroxylation sites is 1. The summed E-state index contributed by atoms with van der Waals surface area (Å²) in [7, 11) is 1.73. The molecule has 1 rings (SSSR count). The van der Waals surface area contributed by atoms with Crippen LogP contribution in [0, 0.1) is 11.8 Å². The van der Waals surface area contributed by atoms with Crippen LogP contribution in [0.15, 0.2) is 24.3 Å². The summed E-state index contributed by atoms with van der Waals surface area (Å²) in [6.07, 6.45) is 1.10. The summed E-state index contributed by atoms with van der Waals surface area (Å²) < 4.78 is 5.33. The van der Waals surface area contributed by atoms with Gasteiger partial charge in [0.15, 0.2) is 0 Å². The Morgan fingerprint density at radius 1 is 1.14 bits per heavy atom. The van der Waals surface area contributed by atoms with E-state index in [9.17, 15) is 0 Å². The Balaban J connectivity index is 2.75. The molecule has 1 aromatic carbocycles. The van der Waals surface area contributed by atoms with E-state index in [0.29, 0.717) is 5.92 Å². The first-order valence-corrected chi connectivity index (χ1v) is 5.27. The van der Waals surface area contributed by atoms with E-state index in [1.165, 1.54) is 5.56 Å². The summed E-state index contributed by atoms with van der Waals surface area (Å²) >= 11 is 0. The molecule has 0 spiro atoms. The molecule has 1 atom stereocenters. The number of methoxy groups -OCH3 is 1. The first-order chi connectivity index (χ1) is 6.65. The molecule has 78 valence electrons. The minimum Gasteiger partial charge on any atom is -0.496 e. The van der Waals surface area contributed by atoms with E-state index in [0.717, 1.165) is 18.1 Å².